The van der Waals surface area contributed by atoms with Crippen molar-refractivity contribution in [3.8, 4) is 0 Å². The van der Waals surface area contributed by atoms with E-state index in [2.05, 4.69) is 80.9 Å². The number of benzene rings is 2. The molecule has 114 valence electrons. The highest BCUT2D eigenvalue weighted by atomic mass is 15.0. The molecule has 0 atom stereocenters. The number of rotatable bonds is 3. The summed E-state index contributed by atoms with van der Waals surface area (Å²) in [5.41, 5.74) is 12.5. The van der Waals surface area contributed by atoms with Gasteiger partial charge in [-0.05, 0) is 50.5 Å². The van der Waals surface area contributed by atoms with E-state index in [1.807, 2.05) is 0 Å². The molecular formula is C20H24N2. The van der Waals surface area contributed by atoms with Crippen LogP contribution in [0.4, 0.5) is 0 Å². The molecule has 0 saturated carbocycles. The van der Waals surface area contributed by atoms with Crippen LogP contribution in [0.3, 0.4) is 0 Å². The van der Waals surface area contributed by atoms with Crippen LogP contribution in [0.15, 0.2) is 48.7 Å². The highest BCUT2D eigenvalue weighted by Crippen LogP contribution is 2.29. The first kappa shape index (κ1) is 14.9. The van der Waals surface area contributed by atoms with E-state index in [0.29, 0.717) is 0 Å². The topological polar surface area (TPSA) is 30.9 Å². The molecule has 0 fully saturated rings. The van der Waals surface area contributed by atoms with Crippen LogP contribution in [0, 0.1) is 13.8 Å². The predicted octanol–water partition coefficient (Wildman–Crippen LogP) is 4.50. The Morgan fingerprint density at radius 2 is 1.77 bits per heavy atom. The quantitative estimate of drug-likeness (QED) is 0.757. The van der Waals surface area contributed by atoms with Crippen molar-refractivity contribution in [3.05, 3.63) is 70.9 Å². The van der Waals surface area contributed by atoms with E-state index in [1.165, 1.54) is 33.2 Å². The van der Waals surface area contributed by atoms with E-state index >= 15 is 0 Å². The van der Waals surface area contributed by atoms with Crippen molar-refractivity contribution >= 4 is 10.9 Å². The summed E-state index contributed by atoms with van der Waals surface area (Å²) in [4.78, 5) is 0. The fourth-order valence-electron chi connectivity index (χ4n) is 3.05. The van der Waals surface area contributed by atoms with Gasteiger partial charge in [-0.2, -0.15) is 0 Å². The summed E-state index contributed by atoms with van der Waals surface area (Å²) >= 11 is 0. The van der Waals surface area contributed by atoms with Crippen LogP contribution in [0.1, 0.15) is 36.1 Å². The summed E-state index contributed by atoms with van der Waals surface area (Å²) in [6.45, 7) is 9.33. The Morgan fingerprint density at radius 1 is 1.05 bits per heavy atom. The van der Waals surface area contributed by atoms with Crippen molar-refractivity contribution in [2.75, 3.05) is 0 Å². The molecule has 0 aliphatic carbocycles. The second-order valence-corrected chi connectivity index (χ2v) is 6.84. The van der Waals surface area contributed by atoms with Crippen LogP contribution in [0.25, 0.3) is 10.9 Å². The van der Waals surface area contributed by atoms with Gasteiger partial charge in [0.25, 0.3) is 0 Å². The number of aryl methyl sites for hydroxylation is 2. The van der Waals surface area contributed by atoms with E-state index in [-0.39, 0.29) is 5.54 Å². The Hall–Kier alpha value is -2.06. The van der Waals surface area contributed by atoms with E-state index in [4.69, 9.17) is 5.73 Å². The second-order valence-electron chi connectivity index (χ2n) is 6.84. The first-order valence-electron chi connectivity index (χ1n) is 7.79. The summed E-state index contributed by atoms with van der Waals surface area (Å²) in [5, 5.41) is 1.25. The van der Waals surface area contributed by atoms with Gasteiger partial charge in [-0.3, -0.25) is 0 Å². The molecule has 0 spiro atoms. The monoisotopic (exact) mass is 292 g/mol. The Labute approximate surface area is 132 Å². The fourth-order valence-corrected chi connectivity index (χ4v) is 3.05. The lowest BCUT2D eigenvalue weighted by molar-refractivity contribution is 0.556. The molecular weight excluding hydrogens is 268 g/mol. The standard InChI is InChI=1S/C20H24N2/c1-14-9-10-15(2)16(11-14)12-22-13-18(20(3,4)21)17-7-5-6-8-19(17)22/h5-11,13H,12,21H2,1-4H3. The van der Waals surface area contributed by atoms with Gasteiger partial charge in [0.1, 0.15) is 0 Å². The van der Waals surface area contributed by atoms with Gasteiger partial charge in [0.2, 0.25) is 0 Å². The zero-order valence-corrected chi connectivity index (χ0v) is 13.9. The predicted molar refractivity (Wildman–Crippen MR) is 94.2 cm³/mol. The molecule has 0 aliphatic heterocycles. The van der Waals surface area contributed by atoms with Gasteiger partial charge in [-0.25, -0.2) is 0 Å². The number of hydrogen-bond acceptors (Lipinski definition) is 1. The number of nitrogens with two attached hydrogens (primary N) is 1. The molecule has 0 aliphatic rings. The number of aromatic nitrogens is 1. The lowest BCUT2D eigenvalue weighted by Crippen LogP contribution is -2.28. The fraction of sp³-hybridized carbons (Fsp3) is 0.300. The zero-order chi connectivity index (χ0) is 15.9. The summed E-state index contributed by atoms with van der Waals surface area (Å²) < 4.78 is 2.32. The van der Waals surface area contributed by atoms with Gasteiger partial charge in [0, 0.05) is 29.2 Å². The van der Waals surface area contributed by atoms with Gasteiger partial charge in [-0.15, -0.1) is 0 Å². The largest absolute Gasteiger partial charge is 0.343 e. The third-order valence-electron chi connectivity index (χ3n) is 4.33. The summed E-state index contributed by atoms with van der Waals surface area (Å²) in [5.74, 6) is 0. The number of para-hydroxylation sites is 1. The van der Waals surface area contributed by atoms with Crippen LogP contribution < -0.4 is 5.73 Å². The van der Waals surface area contributed by atoms with Gasteiger partial charge < -0.3 is 10.3 Å². The second kappa shape index (κ2) is 5.29. The minimum absolute atomic E-state index is 0.341. The lowest BCUT2D eigenvalue weighted by Gasteiger charge is -2.17. The molecule has 2 aromatic carbocycles. The highest BCUT2D eigenvalue weighted by Gasteiger charge is 2.20. The molecule has 0 saturated heterocycles. The van der Waals surface area contributed by atoms with Gasteiger partial charge in [0.05, 0.1) is 0 Å². The van der Waals surface area contributed by atoms with Gasteiger partial charge >= 0.3 is 0 Å². The third-order valence-corrected chi connectivity index (χ3v) is 4.33. The van der Waals surface area contributed by atoms with Crippen molar-refractivity contribution in [2.24, 2.45) is 5.73 Å². The number of nitrogens with zero attached hydrogens (tertiary/aromatic N) is 1. The van der Waals surface area contributed by atoms with Gasteiger partial charge in [-0.1, -0.05) is 42.0 Å². The molecule has 2 N–H and O–H groups in total. The van der Waals surface area contributed by atoms with Gasteiger partial charge in [0.15, 0.2) is 0 Å². The molecule has 0 radical (unpaired) electrons. The SMILES string of the molecule is Cc1ccc(C)c(Cn2cc(C(C)(C)N)c3ccccc32)c1. The van der Waals surface area contributed by atoms with Crippen LogP contribution in [-0.4, -0.2) is 4.57 Å². The maximum Gasteiger partial charge on any atom is 0.0487 e. The number of hydrogen-bond donors (Lipinski definition) is 1. The average molecular weight is 292 g/mol. The molecule has 3 aromatic rings. The lowest BCUT2D eigenvalue weighted by atomic mass is 9.95. The Morgan fingerprint density at radius 3 is 2.50 bits per heavy atom. The summed E-state index contributed by atoms with van der Waals surface area (Å²) in [7, 11) is 0. The normalized spacial score (nSPS) is 12.0. The number of fused-ring (bicyclic) bond motifs is 1. The molecule has 0 bridgehead atoms. The van der Waals surface area contributed by atoms with E-state index < -0.39 is 0 Å². The van der Waals surface area contributed by atoms with Crippen LogP contribution >= 0.6 is 0 Å². The molecule has 2 nitrogen and oxygen atoms in total. The first-order chi connectivity index (χ1) is 10.4. The van der Waals surface area contributed by atoms with Crippen LogP contribution in [0.2, 0.25) is 0 Å². The van der Waals surface area contributed by atoms with E-state index in [0.717, 1.165) is 6.54 Å². The maximum absolute atomic E-state index is 6.37. The Kier molecular flexibility index (Phi) is 3.57. The summed E-state index contributed by atoms with van der Waals surface area (Å²) in [6, 6.07) is 15.2. The van der Waals surface area contributed by atoms with Crippen molar-refractivity contribution in [1.82, 2.24) is 4.57 Å². The highest BCUT2D eigenvalue weighted by molar-refractivity contribution is 5.85. The molecule has 2 heteroatoms. The smallest absolute Gasteiger partial charge is 0.0487 e. The Balaban J connectivity index is 2.14. The minimum Gasteiger partial charge on any atom is -0.343 e. The summed E-state index contributed by atoms with van der Waals surface area (Å²) in [6.07, 6.45) is 2.21. The molecule has 1 aromatic heterocycles. The molecule has 1 heterocycles. The zero-order valence-electron chi connectivity index (χ0n) is 13.9. The average Bonchev–Trinajstić information content (AvgIpc) is 2.82. The van der Waals surface area contributed by atoms with Crippen molar-refractivity contribution < 1.29 is 0 Å². The maximum atomic E-state index is 6.37. The van der Waals surface area contributed by atoms with Crippen LogP contribution in [-0.2, 0) is 12.1 Å². The first-order valence-corrected chi connectivity index (χ1v) is 7.79. The molecule has 3 rings (SSSR count). The van der Waals surface area contributed by atoms with Crippen molar-refractivity contribution in [2.45, 2.75) is 39.8 Å². The van der Waals surface area contributed by atoms with Crippen LogP contribution in [0.5, 0.6) is 0 Å². The molecule has 0 amide bonds. The van der Waals surface area contributed by atoms with E-state index in [1.54, 1.807) is 0 Å². The molecule has 22 heavy (non-hydrogen) atoms. The van der Waals surface area contributed by atoms with Crippen molar-refractivity contribution in [1.29, 1.82) is 0 Å². The Bertz CT molecular complexity index is 819. The molecule has 0 unspecified atom stereocenters. The third kappa shape index (κ3) is 2.67. The van der Waals surface area contributed by atoms with E-state index in [9.17, 15) is 0 Å². The minimum atomic E-state index is -0.341. The van der Waals surface area contributed by atoms with Crippen molar-refractivity contribution in [3.63, 3.8) is 0 Å².